The second-order valence-electron chi connectivity index (χ2n) is 6.02. The Morgan fingerprint density at radius 3 is 2.95 bits per heavy atom. The van der Waals surface area contributed by atoms with Gasteiger partial charge in [0.1, 0.15) is 5.82 Å². The minimum absolute atomic E-state index is 0.442. The van der Waals surface area contributed by atoms with E-state index < -0.39 is 0 Å². The Kier molecular flexibility index (Phi) is 5.67. The predicted octanol–water partition coefficient (Wildman–Crippen LogP) is 3.86. The fourth-order valence-electron chi connectivity index (χ4n) is 2.76. The summed E-state index contributed by atoms with van der Waals surface area (Å²) in [5, 5.41) is 4.14. The maximum absolute atomic E-state index is 6.24. The van der Waals surface area contributed by atoms with Gasteiger partial charge in [0.15, 0.2) is 0 Å². The van der Waals surface area contributed by atoms with Crippen molar-refractivity contribution in [2.24, 2.45) is 5.92 Å². The first-order valence-electron chi connectivity index (χ1n) is 7.74. The highest BCUT2D eigenvalue weighted by molar-refractivity contribution is 6.31. The van der Waals surface area contributed by atoms with E-state index in [9.17, 15) is 0 Å². The number of aromatic nitrogens is 1. The second-order valence-corrected chi connectivity index (χ2v) is 6.43. The molecule has 1 aliphatic heterocycles. The molecule has 0 aliphatic carbocycles. The van der Waals surface area contributed by atoms with Crippen LogP contribution < -0.4 is 10.2 Å². The largest absolute Gasteiger partial charge is 0.356 e. The molecule has 2 heterocycles. The topological polar surface area (TPSA) is 28.2 Å². The first-order chi connectivity index (χ1) is 9.60. The molecule has 1 fully saturated rings. The van der Waals surface area contributed by atoms with Gasteiger partial charge in [0.05, 0.1) is 10.7 Å². The van der Waals surface area contributed by atoms with Crippen LogP contribution in [0.5, 0.6) is 0 Å². The van der Waals surface area contributed by atoms with Crippen molar-refractivity contribution in [3.8, 4) is 0 Å². The summed E-state index contributed by atoms with van der Waals surface area (Å²) in [4.78, 5) is 7.15. The normalized spacial score (nSPS) is 19.1. The van der Waals surface area contributed by atoms with Gasteiger partial charge in [-0.1, -0.05) is 38.8 Å². The van der Waals surface area contributed by atoms with Crippen molar-refractivity contribution in [2.75, 3.05) is 18.0 Å². The van der Waals surface area contributed by atoms with Crippen LogP contribution in [0.2, 0.25) is 5.02 Å². The summed E-state index contributed by atoms with van der Waals surface area (Å²) < 4.78 is 0. The van der Waals surface area contributed by atoms with Gasteiger partial charge in [-0.15, -0.1) is 0 Å². The quantitative estimate of drug-likeness (QED) is 0.864. The van der Waals surface area contributed by atoms with E-state index in [4.69, 9.17) is 16.6 Å². The molecule has 1 saturated heterocycles. The van der Waals surface area contributed by atoms with Gasteiger partial charge in [0.25, 0.3) is 0 Å². The molecule has 0 bridgehead atoms. The lowest BCUT2D eigenvalue weighted by Gasteiger charge is -2.19. The molecule has 0 amide bonds. The van der Waals surface area contributed by atoms with Crippen LogP contribution in [0.15, 0.2) is 12.1 Å². The SMILES string of the molecule is CCCC1CCN(c2ccc(Cl)c(CNC(C)C)n2)C1. The van der Waals surface area contributed by atoms with E-state index in [-0.39, 0.29) is 0 Å². The van der Waals surface area contributed by atoms with Gasteiger partial charge in [-0.05, 0) is 30.9 Å². The van der Waals surface area contributed by atoms with Crippen LogP contribution in [0.4, 0.5) is 5.82 Å². The standard InChI is InChI=1S/C16H26ClN3/c1-4-5-13-8-9-20(11-13)16-7-6-14(17)15(19-16)10-18-12(2)3/h6-7,12-13,18H,4-5,8-11H2,1-3H3. The lowest BCUT2D eigenvalue weighted by atomic mass is 10.0. The number of halogens is 1. The third kappa shape index (κ3) is 4.10. The fourth-order valence-corrected chi connectivity index (χ4v) is 2.93. The van der Waals surface area contributed by atoms with Crippen LogP contribution in [-0.2, 0) is 6.54 Å². The van der Waals surface area contributed by atoms with E-state index in [1.807, 2.05) is 6.07 Å². The monoisotopic (exact) mass is 295 g/mol. The minimum Gasteiger partial charge on any atom is -0.356 e. The Balaban J connectivity index is 2.03. The summed E-state index contributed by atoms with van der Waals surface area (Å²) in [6, 6.07) is 4.47. The van der Waals surface area contributed by atoms with Gasteiger partial charge in [0.2, 0.25) is 0 Å². The van der Waals surface area contributed by atoms with Crippen molar-refractivity contribution in [3.63, 3.8) is 0 Å². The zero-order chi connectivity index (χ0) is 14.5. The Bertz CT molecular complexity index is 434. The first-order valence-corrected chi connectivity index (χ1v) is 8.11. The molecule has 2 rings (SSSR count). The molecule has 1 aromatic heterocycles. The van der Waals surface area contributed by atoms with Gasteiger partial charge < -0.3 is 10.2 Å². The third-order valence-electron chi connectivity index (χ3n) is 3.89. The van der Waals surface area contributed by atoms with Gasteiger partial charge in [-0.2, -0.15) is 0 Å². The maximum Gasteiger partial charge on any atom is 0.128 e. The molecule has 4 heteroatoms. The Labute approximate surface area is 127 Å². The van der Waals surface area contributed by atoms with E-state index in [1.54, 1.807) is 0 Å². The maximum atomic E-state index is 6.24. The molecule has 1 N–H and O–H groups in total. The summed E-state index contributed by atoms with van der Waals surface area (Å²) in [5.74, 6) is 1.91. The lowest BCUT2D eigenvalue weighted by Crippen LogP contribution is -2.24. The number of nitrogens with one attached hydrogen (secondary N) is 1. The summed E-state index contributed by atoms with van der Waals surface area (Å²) in [7, 11) is 0. The highest BCUT2D eigenvalue weighted by Gasteiger charge is 2.23. The molecular weight excluding hydrogens is 270 g/mol. The number of hydrogen-bond donors (Lipinski definition) is 1. The number of nitrogens with zero attached hydrogens (tertiary/aromatic N) is 2. The summed E-state index contributed by atoms with van der Waals surface area (Å²) in [5.41, 5.74) is 0.955. The molecule has 20 heavy (non-hydrogen) atoms. The van der Waals surface area contributed by atoms with Gasteiger partial charge >= 0.3 is 0 Å². The molecule has 1 unspecified atom stereocenters. The van der Waals surface area contributed by atoms with Crippen LogP contribution in [0.1, 0.15) is 45.7 Å². The number of anilines is 1. The van der Waals surface area contributed by atoms with Crippen molar-refractivity contribution < 1.29 is 0 Å². The van der Waals surface area contributed by atoms with Crippen molar-refractivity contribution in [1.29, 1.82) is 0 Å². The van der Waals surface area contributed by atoms with Crippen molar-refractivity contribution in [2.45, 2.75) is 52.6 Å². The Morgan fingerprint density at radius 2 is 2.25 bits per heavy atom. The van der Waals surface area contributed by atoms with Crippen LogP contribution in [0.25, 0.3) is 0 Å². The van der Waals surface area contributed by atoms with E-state index in [0.29, 0.717) is 6.04 Å². The molecule has 0 aromatic carbocycles. The predicted molar refractivity (Wildman–Crippen MR) is 86.5 cm³/mol. The molecule has 0 radical (unpaired) electrons. The van der Waals surface area contributed by atoms with Crippen LogP contribution >= 0.6 is 11.6 Å². The lowest BCUT2D eigenvalue weighted by molar-refractivity contribution is 0.529. The van der Waals surface area contributed by atoms with Crippen molar-refractivity contribution >= 4 is 17.4 Å². The van der Waals surface area contributed by atoms with E-state index in [2.05, 4.69) is 37.1 Å². The van der Waals surface area contributed by atoms with E-state index in [1.165, 1.54) is 19.3 Å². The summed E-state index contributed by atoms with van der Waals surface area (Å²) in [6.45, 7) is 9.52. The average Bonchev–Trinajstić information content (AvgIpc) is 2.87. The van der Waals surface area contributed by atoms with Gasteiger partial charge in [0, 0.05) is 25.7 Å². The molecule has 1 atom stereocenters. The summed E-state index contributed by atoms with van der Waals surface area (Å²) in [6.07, 6.45) is 3.89. The second kappa shape index (κ2) is 7.28. The number of pyridine rings is 1. The zero-order valence-electron chi connectivity index (χ0n) is 12.8. The Morgan fingerprint density at radius 1 is 1.45 bits per heavy atom. The van der Waals surface area contributed by atoms with Crippen molar-refractivity contribution in [1.82, 2.24) is 10.3 Å². The van der Waals surface area contributed by atoms with Crippen LogP contribution in [-0.4, -0.2) is 24.1 Å². The third-order valence-corrected chi connectivity index (χ3v) is 4.23. The number of rotatable bonds is 6. The average molecular weight is 296 g/mol. The zero-order valence-corrected chi connectivity index (χ0v) is 13.6. The molecule has 1 aliphatic rings. The van der Waals surface area contributed by atoms with E-state index in [0.717, 1.165) is 42.1 Å². The molecule has 3 nitrogen and oxygen atoms in total. The molecule has 0 saturated carbocycles. The Hall–Kier alpha value is -0.800. The fraction of sp³-hybridized carbons (Fsp3) is 0.688. The van der Waals surface area contributed by atoms with Crippen molar-refractivity contribution in [3.05, 3.63) is 22.8 Å². The molecular formula is C16H26ClN3. The minimum atomic E-state index is 0.442. The smallest absolute Gasteiger partial charge is 0.128 e. The van der Waals surface area contributed by atoms with Crippen LogP contribution in [0.3, 0.4) is 0 Å². The van der Waals surface area contributed by atoms with Gasteiger partial charge in [-0.25, -0.2) is 4.98 Å². The summed E-state index contributed by atoms with van der Waals surface area (Å²) >= 11 is 6.24. The molecule has 0 spiro atoms. The van der Waals surface area contributed by atoms with Gasteiger partial charge in [-0.3, -0.25) is 0 Å². The van der Waals surface area contributed by atoms with E-state index >= 15 is 0 Å². The first kappa shape index (κ1) is 15.6. The highest BCUT2D eigenvalue weighted by Crippen LogP contribution is 2.27. The molecule has 112 valence electrons. The molecule has 1 aromatic rings. The number of hydrogen-bond acceptors (Lipinski definition) is 3. The van der Waals surface area contributed by atoms with Crippen LogP contribution in [0, 0.1) is 5.92 Å². The highest BCUT2D eigenvalue weighted by atomic mass is 35.5.